The van der Waals surface area contributed by atoms with Crippen molar-refractivity contribution in [2.24, 2.45) is 0 Å². The van der Waals surface area contributed by atoms with Gasteiger partial charge in [-0.3, -0.25) is 15.2 Å². The van der Waals surface area contributed by atoms with Crippen LogP contribution in [0.3, 0.4) is 0 Å². The molecule has 2 rings (SSSR count). The second kappa shape index (κ2) is 5.56. The average molecular weight is 275 g/mol. The van der Waals surface area contributed by atoms with Gasteiger partial charge in [-0.05, 0) is 0 Å². The van der Waals surface area contributed by atoms with Crippen LogP contribution in [-0.2, 0) is 4.74 Å². The molecule has 0 unspecified atom stereocenters. The van der Waals surface area contributed by atoms with Crippen LogP contribution in [0, 0.1) is 0 Å². The smallest absolute Gasteiger partial charge is 0.354 e. The molecule has 1 aromatic rings. The number of aromatic nitrogens is 3. The lowest BCUT2D eigenvalue weighted by Gasteiger charge is -2.16. The highest BCUT2D eigenvalue weighted by molar-refractivity contribution is 5.17. The van der Waals surface area contributed by atoms with Crippen molar-refractivity contribution in [3.63, 3.8) is 0 Å². The highest BCUT2D eigenvalue weighted by Gasteiger charge is 2.43. The van der Waals surface area contributed by atoms with Gasteiger partial charge >= 0.3 is 5.69 Å². The van der Waals surface area contributed by atoms with Gasteiger partial charge in [0.1, 0.15) is 24.6 Å². The van der Waals surface area contributed by atoms with E-state index in [4.69, 9.17) is 15.1 Å². The highest BCUT2D eigenvalue weighted by Crippen LogP contribution is 2.27. The molecule has 1 saturated heterocycles. The molecule has 0 amide bonds. The first-order valence-corrected chi connectivity index (χ1v) is 5.31. The molecule has 11 heteroatoms. The van der Waals surface area contributed by atoms with Crippen LogP contribution in [0.1, 0.15) is 6.23 Å². The van der Waals surface area contributed by atoms with Gasteiger partial charge in [0, 0.05) is 0 Å². The van der Waals surface area contributed by atoms with E-state index >= 15 is 0 Å². The lowest BCUT2D eigenvalue weighted by atomic mass is 10.1. The summed E-state index contributed by atoms with van der Waals surface area (Å²) < 4.78 is 6.02. The third kappa shape index (κ3) is 2.56. The minimum Gasteiger partial charge on any atom is -0.394 e. The van der Waals surface area contributed by atoms with Gasteiger partial charge in [-0.2, -0.15) is 4.98 Å². The predicted octanol–water partition coefficient (Wildman–Crippen LogP) is -3.44. The molecule has 1 aliphatic rings. The minimum absolute atomic E-state index is 0.185. The van der Waals surface area contributed by atoms with Crippen molar-refractivity contribution < 1.29 is 25.3 Å². The van der Waals surface area contributed by atoms with E-state index in [0.717, 1.165) is 10.9 Å². The standard InChI is InChI=1S/C8H13N5O6/c14-1-3-4(15)5(16)6(19-3)13-2-9-7(11-12-18)10-8(13)17/h2-6,12,14-16,18H,1H2,(H,10,11,17)/t3-,4-,5-,6-/m1/s1. The van der Waals surface area contributed by atoms with Gasteiger partial charge < -0.3 is 20.1 Å². The first-order chi connectivity index (χ1) is 9.08. The Morgan fingerprint density at radius 2 is 2.16 bits per heavy atom. The summed E-state index contributed by atoms with van der Waals surface area (Å²) in [6.45, 7) is -0.502. The second-order valence-corrected chi connectivity index (χ2v) is 3.84. The van der Waals surface area contributed by atoms with Gasteiger partial charge in [-0.1, -0.05) is 0 Å². The van der Waals surface area contributed by atoms with Crippen LogP contribution in [0.2, 0.25) is 0 Å². The van der Waals surface area contributed by atoms with Crippen molar-refractivity contribution in [3.05, 3.63) is 16.8 Å². The summed E-state index contributed by atoms with van der Waals surface area (Å²) in [5.74, 6) is -0.185. The third-order valence-electron chi connectivity index (χ3n) is 2.69. The number of aliphatic hydroxyl groups excluding tert-OH is 3. The monoisotopic (exact) mass is 275 g/mol. The quantitative estimate of drug-likeness (QED) is 0.305. The maximum absolute atomic E-state index is 11.7. The first-order valence-electron chi connectivity index (χ1n) is 5.31. The molecule has 0 bridgehead atoms. The SMILES string of the molecule is O=c1nc(NNO)ncn1[C@@H]1O[C@H](CO)[C@@H](O)[C@H]1O. The maximum Gasteiger partial charge on any atom is 0.354 e. The fraction of sp³-hybridized carbons (Fsp3) is 0.625. The Morgan fingerprint density at radius 1 is 1.42 bits per heavy atom. The molecule has 4 atom stereocenters. The third-order valence-corrected chi connectivity index (χ3v) is 2.69. The van der Waals surface area contributed by atoms with Crippen LogP contribution in [0.5, 0.6) is 0 Å². The normalized spacial score (nSPS) is 30.5. The van der Waals surface area contributed by atoms with Crippen molar-refractivity contribution >= 4 is 5.95 Å². The Balaban J connectivity index is 2.25. The molecular formula is C8H13N5O6. The van der Waals surface area contributed by atoms with Gasteiger partial charge in [-0.25, -0.2) is 9.78 Å². The van der Waals surface area contributed by atoms with E-state index in [1.807, 2.05) is 0 Å². The average Bonchev–Trinajstić information content (AvgIpc) is 2.67. The molecule has 0 aromatic carbocycles. The van der Waals surface area contributed by atoms with Gasteiger partial charge in [0.2, 0.25) is 5.95 Å². The Hall–Kier alpha value is -1.63. The van der Waals surface area contributed by atoms with E-state index in [1.165, 1.54) is 0 Å². The van der Waals surface area contributed by atoms with E-state index in [2.05, 4.69) is 15.4 Å². The van der Waals surface area contributed by atoms with E-state index in [-0.39, 0.29) is 5.95 Å². The number of nitrogens with zero attached hydrogens (tertiary/aromatic N) is 3. The van der Waals surface area contributed by atoms with E-state index in [9.17, 15) is 15.0 Å². The Kier molecular flexibility index (Phi) is 4.04. The van der Waals surface area contributed by atoms with Crippen LogP contribution in [0.25, 0.3) is 0 Å². The number of hydrogen-bond donors (Lipinski definition) is 6. The van der Waals surface area contributed by atoms with E-state index in [1.54, 1.807) is 5.59 Å². The Labute approximate surface area is 106 Å². The number of ether oxygens (including phenoxy) is 1. The Morgan fingerprint density at radius 3 is 2.68 bits per heavy atom. The Bertz CT molecular complexity index is 495. The number of rotatable bonds is 4. The largest absolute Gasteiger partial charge is 0.394 e. The zero-order valence-corrected chi connectivity index (χ0v) is 9.54. The molecule has 2 heterocycles. The molecule has 0 saturated carbocycles. The van der Waals surface area contributed by atoms with Gasteiger partial charge in [-0.15, -0.1) is 5.59 Å². The fourth-order valence-corrected chi connectivity index (χ4v) is 1.74. The molecule has 11 nitrogen and oxygen atoms in total. The van der Waals surface area contributed by atoms with E-state index in [0.29, 0.717) is 0 Å². The van der Waals surface area contributed by atoms with Crippen molar-refractivity contribution in [1.29, 1.82) is 0 Å². The summed E-state index contributed by atoms with van der Waals surface area (Å²) in [5.41, 5.74) is 2.82. The summed E-state index contributed by atoms with van der Waals surface area (Å²) in [6, 6.07) is 0. The molecular weight excluding hydrogens is 262 g/mol. The highest BCUT2D eigenvalue weighted by atomic mass is 16.6. The maximum atomic E-state index is 11.7. The number of hydrazine groups is 1. The number of nitrogens with one attached hydrogen (secondary N) is 2. The number of aliphatic hydroxyl groups is 3. The summed E-state index contributed by atoms with van der Waals surface area (Å²) in [5, 5.41) is 36.6. The van der Waals surface area contributed by atoms with Crippen LogP contribution in [0.4, 0.5) is 5.95 Å². The molecule has 1 aromatic heterocycles. The minimum atomic E-state index is -1.40. The summed E-state index contributed by atoms with van der Waals surface area (Å²) >= 11 is 0. The van der Waals surface area contributed by atoms with Crippen LogP contribution >= 0.6 is 0 Å². The summed E-state index contributed by atoms with van der Waals surface area (Å²) in [6.07, 6.45) is -3.89. The number of hydrogen-bond acceptors (Lipinski definition) is 10. The van der Waals surface area contributed by atoms with Gasteiger partial charge in [0.25, 0.3) is 0 Å². The lowest BCUT2D eigenvalue weighted by molar-refractivity contribution is -0.0554. The molecule has 106 valence electrons. The fourth-order valence-electron chi connectivity index (χ4n) is 1.74. The second-order valence-electron chi connectivity index (χ2n) is 3.84. The van der Waals surface area contributed by atoms with Crippen LogP contribution in [-0.4, -0.2) is 60.0 Å². The van der Waals surface area contributed by atoms with Gasteiger partial charge in [0.05, 0.1) is 6.61 Å². The lowest BCUT2D eigenvalue weighted by Crippen LogP contribution is -2.36. The summed E-state index contributed by atoms with van der Waals surface area (Å²) in [7, 11) is 0. The molecule has 1 fully saturated rings. The molecule has 0 aliphatic carbocycles. The van der Waals surface area contributed by atoms with Crippen LogP contribution < -0.4 is 16.7 Å². The van der Waals surface area contributed by atoms with Crippen LogP contribution in [0.15, 0.2) is 11.1 Å². The van der Waals surface area contributed by atoms with Crippen molar-refractivity contribution in [3.8, 4) is 0 Å². The molecule has 6 N–H and O–H groups in total. The molecule has 0 radical (unpaired) electrons. The first kappa shape index (κ1) is 13.8. The predicted molar refractivity (Wildman–Crippen MR) is 57.8 cm³/mol. The topological polar surface area (TPSA) is 162 Å². The van der Waals surface area contributed by atoms with Crippen molar-refractivity contribution in [2.45, 2.75) is 24.5 Å². The van der Waals surface area contributed by atoms with Crippen molar-refractivity contribution in [2.75, 3.05) is 12.0 Å². The molecule has 0 spiro atoms. The molecule has 19 heavy (non-hydrogen) atoms. The zero-order valence-electron chi connectivity index (χ0n) is 9.54. The number of anilines is 1. The summed E-state index contributed by atoms with van der Waals surface area (Å²) in [4.78, 5) is 18.8. The molecule has 1 aliphatic heterocycles. The van der Waals surface area contributed by atoms with Crippen molar-refractivity contribution in [1.82, 2.24) is 20.1 Å². The zero-order chi connectivity index (χ0) is 14.0. The van der Waals surface area contributed by atoms with Gasteiger partial charge in [0.15, 0.2) is 6.23 Å². The van der Waals surface area contributed by atoms with E-state index < -0.39 is 36.8 Å².